The van der Waals surface area contributed by atoms with Crippen LogP contribution in [0.5, 0.6) is 0 Å². The number of Topliss-reactive ketones (excluding diaryl/α,β-unsaturated/α-hetero) is 1. The number of rotatable bonds is 2. The molecule has 4 heteroatoms. The van der Waals surface area contributed by atoms with Crippen LogP contribution in [0.15, 0.2) is 60.7 Å². The second kappa shape index (κ2) is 7.01. The summed E-state index contributed by atoms with van der Waals surface area (Å²) in [5, 5.41) is 2.79. The third kappa shape index (κ3) is 2.67. The van der Waals surface area contributed by atoms with E-state index in [2.05, 4.69) is 58.3 Å². The van der Waals surface area contributed by atoms with Crippen molar-refractivity contribution < 1.29 is 9.59 Å². The fourth-order valence-electron chi connectivity index (χ4n) is 7.18. The third-order valence-corrected chi connectivity index (χ3v) is 8.74. The molecule has 0 bridgehead atoms. The second-order valence-electron chi connectivity index (χ2n) is 10.3. The molecule has 2 heterocycles. The number of carbonyl (C=O) groups excluding carboxylic acids is 2. The number of fused-ring (bicyclic) bond motifs is 2. The number of ketones is 1. The van der Waals surface area contributed by atoms with Gasteiger partial charge in [-0.3, -0.25) is 14.5 Å². The first-order valence-electron chi connectivity index (χ1n) is 12.4. The molecule has 1 amide bonds. The standard InChI is InChI=1S/C29H28N2O2/c32-22-11-14-29(18-22)24-9-1-2-10-25(24)31(28(29)33)21-12-15-30(16-13-21)26-17-20-7-3-5-19-6-4-8-23(26)27(19)20/h1-10,21,26H,11-18H2. The van der Waals surface area contributed by atoms with Crippen LogP contribution < -0.4 is 4.90 Å². The first kappa shape index (κ1) is 19.5. The van der Waals surface area contributed by atoms with E-state index in [1.54, 1.807) is 0 Å². The van der Waals surface area contributed by atoms with Gasteiger partial charge in [-0.15, -0.1) is 0 Å². The number of benzene rings is 3. The van der Waals surface area contributed by atoms with Crippen LogP contribution in [0.1, 0.15) is 54.8 Å². The predicted octanol–water partition coefficient (Wildman–Crippen LogP) is 4.94. The molecule has 2 aliphatic carbocycles. The number of likely N-dealkylation sites (tertiary alicyclic amines) is 1. The molecule has 4 nitrogen and oxygen atoms in total. The second-order valence-corrected chi connectivity index (χ2v) is 10.3. The summed E-state index contributed by atoms with van der Waals surface area (Å²) in [6.07, 6.45) is 4.61. The van der Waals surface area contributed by atoms with E-state index in [1.165, 1.54) is 21.9 Å². The van der Waals surface area contributed by atoms with Gasteiger partial charge >= 0.3 is 0 Å². The quantitative estimate of drug-likeness (QED) is 0.571. The molecule has 1 saturated heterocycles. The van der Waals surface area contributed by atoms with Crippen molar-refractivity contribution in [3.63, 3.8) is 0 Å². The number of hydrogen-bond donors (Lipinski definition) is 0. The molecule has 166 valence electrons. The van der Waals surface area contributed by atoms with Gasteiger partial charge in [-0.25, -0.2) is 0 Å². The van der Waals surface area contributed by atoms with Gasteiger partial charge in [-0.2, -0.15) is 0 Å². The van der Waals surface area contributed by atoms with Crippen LogP contribution in [-0.4, -0.2) is 35.7 Å². The van der Waals surface area contributed by atoms with Crippen LogP contribution >= 0.6 is 0 Å². The smallest absolute Gasteiger partial charge is 0.238 e. The minimum Gasteiger partial charge on any atom is -0.308 e. The predicted molar refractivity (Wildman–Crippen MR) is 129 cm³/mol. The molecule has 0 radical (unpaired) electrons. The van der Waals surface area contributed by atoms with E-state index in [-0.39, 0.29) is 17.7 Å². The highest BCUT2D eigenvalue weighted by molar-refractivity contribution is 6.12. The Balaban J connectivity index is 1.15. The Morgan fingerprint density at radius 3 is 2.45 bits per heavy atom. The molecule has 2 aliphatic heterocycles. The van der Waals surface area contributed by atoms with Gasteiger partial charge in [-0.05, 0) is 59.2 Å². The molecule has 7 rings (SSSR count). The van der Waals surface area contributed by atoms with Crippen LogP contribution in [0, 0.1) is 0 Å². The van der Waals surface area contributed by atoms with Crippen LogP contribution in [0.3, 0.4) is 0 Å². The van der Waals surface area contributed by atoms with E-state index in [0.29, 0.717) is 25.3 Å². The van der Waals surface area contributed by atoms with Crippen LogP contribution in [0.2, 0.25) is 0 Å². The Kier molecular flexibility index (Phi) is 4.14. The summed E-state index contributed by atoms with van der Waals surface area (Å²) in [5.41, 5.74) is 4.46. The number of piperidine rings is 1. The SMILES string of the molecule is O=C1CCC2(C1)C(=O)N(C1CCN(C3Cc4cccc5cccc3c45)CC1)c1ccccc12. The summed E-state index contributed by atoms with van der Waals surface area (Å²) in [5.74, 6) is 0.399. The van der Waals surface area contributed by atoms with Gasteiger partial charge < -0.3 is 4.90 Å². The molecule has 33 heavy (non-hydrogen) atoms. The monoisotopic (exact) mass is 436 g/mol. The summed E-state index contributed by atoms with van der Waals surface area (Å²) in [6, 6.07) is 22.2. The van der Waals surface area contributed by atoms with Crippen molar-refractivity contribution >= 4 is 28.2 Å². The molecule has 3 aromatic carbocycles. The van der Waals surface area contributed by atoms with E-state index >= 15 is 0 Å². The molecule has 0 N–H and O–H groups in total. The lowest BCUT2D eigenvalue weighted by Crippen LogP contribution is -2.50. The zero-order valence-corrected chi connectivity index (χ0v) is 18.8. The number of carbonyl (C=O) groups is 2. The van der Waals surface area contributed by atoms with Crippen molar-refractivity contribution in [2.45, 2.75) is 56.0 Å². The third-order valence-electron chi connectivity index (χ3n) is 8.74. The highest BCUT2D eigenvalue weighted by Gasteiger charge is 2.55. The van der Waals surface area contributed by atoms with Gasteiger partial charge in [0.25, 0.3) is 0 Å². The molecule has 1 spiro atoms. The van der Waals surface area contributed by atoms with Gasteiger partial charge in [0.1, 0.15) is 5.78 Å². The van der Waals surface area contributed by atoms with E-state index in [1.807, 2.05) is 12.1 Å². The van der Waals surface area contributed by atoms with Crippen molar-refractivity contribution in [2.24, 2.45) is 0 Å². The maximum Gasteiger partial charge on any atom is 0.238 e. The molecule has 0 aromatic heterocycles. The van der Waals surface area contributed by atoms with Crippen molar-refractivity contribution in [2.75, 3.05) is 18.0 Å². The fourth-order valence-corrected chi connectivity index (χ4v) is 7.18. The van der Waals surface area contributed by atoms with Crippen molar-refractivity contribution in [1.29, 1.82) is 0 Å². The number of para-hydroxylation sites is 1. The minimum absolute atomic E-state index is 0.172. The lowest BCUT2D eigenvalue weighted by Gasteiger charge is -2.40. The average Bonchev–Trinajstić information content (AvgIpc) is 3.49. The zero-order chi connectivity index (χ0) is 22.2. The summed E-state index contributed by atoms with van der Waals surface area (Å²) >= 11 is 0. The summed E-state index contributed by atoms with van der Waals surface area (Å²) in [7, 11) is 0. The lowest BCUT2D eigenvalue weighted by atomic mass is 9.80. The Labute approximate surface area is 194 Å². The lowest BCUT2D eigenvalue weighted by molar-refractivity contribution is -0.125. The Morgan fingerprint density at radius 2 is 1.67 bits per heavy atom. The van der Waals surface area contributed by atoms with Crippen LogP contribution in [0.25, 0.3) is 10.8 Å². The highest BCUT2D eigenvalue weighted by Crippen LogP contribution is 2.52. The van der Waals surface area contributed by atoms with Gasteiger partial charge in [-0.1, -0.05) is 54.6 Å². The summed E-state index contributed by atoms with van der Waals surface area (Å²) < 4.78 is 0. The van der Waals surface area contributed by atoms with Gasteiger partial charge in [0.05, 0.1) is 5.41 Å². The average molecular weight is 437 g/mol. The normalized spacial score (nSPS) is 27.3. The summed E-state index contributed by atoms with van der Waals surface area (Å²) in [6.45, 7) is 2.00. The van der Waals surface area contributed by atoms with Crippen LogP contribution in [-0.2, 0) is 21.4 Å². The Bertz CT molecular complexity index is 1300. The van der Waals surface area contributed by atoms with Crippen molar-refractivity contribution in [3.05, 3.63) is 77.4 Å². The van der Waals surface area contributed by atoms with E-state index in [4.69, 9.17) is 0 Å². The number of hydrogen-bond acceptors (Lipinski definition) is 3. The molecular formula is C29H28N2O2. The van der Waals surface area contributed by atoms with Gasteiger partial charge in [0, 0.05) is 43.7 Å². The Morgan fingerprint density at radius 1 is 0.879 bits per heavy atom. The van der Waals surface area contributed by atoms with Gasteiger partial charge in [0.2, 0.25) is 5.91 Å². The minimum atomic E-state index is -0.604. The first-order chi connectivity index (χ1) is 16.2. The van der Waals surface area contributed by atoms with E-state index < -0.39 is 5.41 Å². The molecular weight excluding hydrogens is 408 g/mol. The van der Waals surface area contributed by atoms with E-state index in [0.717, 1.165) is 43.6 Å². The number of amides is 1. The largest absolute Gasteiger partial charge is 0.308 e. The molecule has 2 fully saturated rings. The fraction of sp³-hybridized carbons (Fsp3) is 0.379. The summed E-state index contributed by atoms with van der Waals surface area (Å²) in [4.78, 5) is 30.7. The van der Waals surface area contributed by atoms with Crippen molar-refractivity contribution in [3.8, 4) is 0 Å². The van der Waals surface area contributed by atoms with E-state index in [9.17, 15) is 9.59 Å². The molecule has 1 saturated carbocycles. The highest BCUT2D eigenvalue weighted by atomic mass is 16.2. The topological polar surface area (TPSA) is 40.6 Å². The maximum atomic E-state index is 13.8. The number of nitrogens with zero attached hydrogens (tertiary/aromatic N) is 2. The zero-order valence-electron chi connectivity index (χ0n) is 18.8. The first-order valence-corrected chi connectivity index (χ1v) is 12.4. The molecule has 4 aliphatic rings. The molecule has 2 unspecified atom stereocenters. The maximum absolute atomic E-state index is 13.8. The Hall–Kier alpha value is -2.98. The van der Waals surface area contributed by atoms with Crippen LogP contribution in [0.4, 0.5) is 5.69 Å². The molecule has 2 atom stereocenters. The number of anilines is 1. The van der Waals surface area contributed by atoms with Crippen molar-refractivity contribution in [1.82, 2.24) is 4.90 Å². The molecule has 3 aromatic rings. The van der Waals surface area contributed by atoms with Gasteiger partial charge in [0.15, 0.2) is 0 Å².